The zero-order valence-electron chi connectivity index (χ0n) is 16.3. The molecule has 2 N–H and O–H groups in total. The Balaban J connectivity index is 1.63. The minimum absolute atomic E-state index is 0.635. The SMILES string of the molecule is COc1ccc(CCNc2nc(C)cc(Nc3cc(C)cc(C)c3)n2)cc1. The molecular formula is C22H26N4O. The molecule has 1 aromatic heterocycles. The van der Waals surface area contributed by atoms with Crippen LogP contribution < -0.4 is 15.4 Å². The van der Waals surface area contributed by atoms with Crippen LogP contribution in [0.2, 0.25) is 0 Å². The van der Waals surface area contributed by atoms with E-state index in [1.165, 1.54) is 16.7 Å². The van der Waals surface area contributed by atoms with Gasteiger partial charge in [0.25, 0.3) is 0 Å². The number of hydrogen-bond donors (Lipinski definition) is 2. The van der Waals surface area contributed by atoms with Crippen LogP contribution in [0.4, 0.5) is 17.5 Å². The first kappa shape index (κ1) is 18.7. The van der Waals surface area contributed by atoms with Crippen LogP contribution in [-0.2, 0) is 6.42 Å². The van der Waals surface area contributed by atoms with Crippen molar-refractivity contribution in [1.29, 1.82) is 0 Å². The Morgan fingerprint density at radius 2 is 1.59 bits per heavy atom. The number of anilines is 3. The van der Waals surface area contributed by atoms with E-state index < -0.39 is 0 Å². The van der Waals surface area contributed by atoms with E-state index in [4.69, 9.17) is 4.74 Å². The van der Waals surface area contributed by atoms with Crippen LogP contribution in [0, 0.1) is 20.8 Å². The molecule has 3 aromatic rings. The van der Waals surface area contributed by atoms with Gasteiger partial charge in [0, 0.05) is 24.0 Å². The largest absolute Gasteiger partial charge is 0.497 e. The third kappa shape index (κ3) is 5.45. The molecule has 3 rings (SSSR count). The molecule has 140 valence electrons. The minimum atomic E-state index is 0.635. The maximum atomic E-state index is 5.19. The molecule has 0 unspecified atom stereocenters. The van der Waals surface area contributed by atoms with Crippen molar-refractivity contribution in [3.05, 3.63) is 70.9 Å². The zero-order valence-corrected chi connectivity index (χ0v) is 16.3. The van der Waals surface area contributed by atoms with Gasteiger partial charge in [-0.15, -0.1) is 0 Å². The lowest BCUT2D eigenvalue weighted by molar-refractivity contribution is 0.414. The molecule has 0 amide bonds. The van der Waals surface area contributed by atoms with Crippen molar-refractivity contribution in [2.24, 2.45) is 0 Å². The van der Waals surface area contributed by atoms with Crippen LogP contribution in [0.15, 0.2) is 48.5 Å². The second-order valence-corrected chi connectivity index (χ2v) is 6.74. The van der Waals surface area contributed by atoms with Crippen LogP contribution in [0.1, 0.15) is 22.4 Å². The number of aryl methyl sites for hydroxylation is 3. The third-order valence-electron chi connectivity index (χ3n) is 4.20. The Labute approximate surface area is 160 Å². The standard InChI is InChI=1S/C22H26N4O/c1-15-11-16(2)13-19(12-15)25-21-14-17(3)24-22(26-21)23-10-9-18-5-7-20(27-4)8-6-18/h5-8,11-14H,9-10H2,1-4H3,(H2,23,24,25,26). The summed E-state index contributed by atoms with van der Waals surface area (Å²) in [5, 5.41) is 6.70. The number of aromatic nitrogens is 2. The number of rotatable bonds is 7. The summed E-state index contributed by atoms with van der Waals surface area (Å²) >= 11 is 0. The molecule has 0 radical (unpaired) electrons. The first-order valence-corrected chi connectivity index (χ1v) is 9.09. The highest BCUT2D eigenvalue weighted by Gasteiger charge is 2.04. The summed E-state index contributed by atoms with van der Waals surface area (Å²) in [6.07, 6.45) is 0.890. The van der Waals surface area contributed by atoms with Crippen LogP contribution in [0.5, 0.6) is 5.75 Å². The molecule has 0 fully saturated rings. The smallest absolute Gasteiger partial charge is 0.224 e. The number of benzene rings is 2. The summed E-state index contributed by atoms with van der Waals surface area (Å²) in [6.45, 7) is 6.92. The topological polar surface area (TPSA) is 59.1 Å². The normalized spacial score (nSPS) is 10.5. The summed E-state index contributed by atoms with van der Waals surface area (Å²) in [5.41, 5.74) is 5.64. The lowest BCUT2D eigenvalue weighted by Crippen LogP contribution is -2.09. The van der Waals surface area contributed by atoms with Crippen molar-refractivity contribution < 1.29 is 4.74 Å². The molecule has 0 aliphatic carbocycles. The fourth-order valence-corrected chi connectivity index (χ4v) is 3.02. The van der Waals surface area contributed by atoms with Gasteiger partial charge in [0.05, 0.1) is 7.11 Å². The fraction of sp³-hybridized carbons (Fsp3) is 0.273. The Kier molecular flexibility index (Phi) is 5.91. The summed E-state index contributed by atoms with van der Waals surface area (Å²) < 4.78 is 5.19. The Bertz CT molecular complexity index is 886. The van der Waals surface area contributed by atoms with Crippen molar-refractivity contribution in [1.82, 2.24) is 9.97 Å². The van der Waals surface area contributed by atoms with Gasteiger partial charge in [0.2, 0.25) is 5.95 Å². The van der Waals surface area contributed by atoms with E-state index in [1.807, 2.05) is 25.1 Å². The summed E-state index contributed by atoms with van der Waals surface area (Å²) in [4.78, 5) is 9.08. The van der Waals surface area contributed by atoms with Gasteiger partial charge in [-0.25, -0.2) is 4.98 Å². The first-order chi connectivity index (χ1) is 13.0. The number of ether oxygens (including phenoxy) is 1. The summed E-state index contributed by atoms with van der Waals surface area (Å²) in [6, 6.07) is 16.4. The van der Waals surface area contributed by atoms with Crippen molar-refractivity contribution in [2.75, 3.05) is 24.3 Å². The predicted octanol–water partition coefficient (Wildman–Crippen LogP) is 4.81. The lowest BCUT2D eigenvalue weighted by Gasteiger charge is -2.11. The van der Waals surface area contributed by atoms with Crippen molar-refractivity contribution in [2.45, 2.75) is 27.2 Å². The quantitative estimate of drug-likeness (QED) is 0.632. The molecule has 5 heteroatoms. The molecule has 5 nitrogen and oxygen atoms in total. The van der Waals surface area contributed by atoms with Crippen LogP contribution in [-0.4, -0.2) is 23.6 Å². The van der Waals surface area contributed by atoms with Gasteiger partial charge in [0.15, 0.2) is 0 Å². The van der Waals surface area contributed by atoms with Crippen LogP contribution in [0.25, 0.3) is 0 Å². The van der Waals surface area contributed by atoms with Crippen molar-refractivity contribution in [3.8, 4) is 5.75 Å². The van der Waals surface area contributed by atoms with E-state index in [0.717, 1.165) is 35.9 Å². The van der Waals surface area contributed by atoms with Crippen molar-refractivity contribution in [3.63, 3.8) is 0 Å². The van der Waals surface area contributed by atoms with E-state index >= 15 is 0 Å². The molecule has 0 spiro atoms. The van der Waals surface area contributed by atoms with Crippen molar-refractivity contribution >= 4 is 17.5 Å². The monoisotopic (exact) mass is 362 g/mol. The van der Waals surface area contributed by atoms with E-state index in [-0.39, 0.29) is 0 Å². The van der Waals surface area contributed by atoms with Gasteiger partial charge < -0.3 is 15.4 Å². The van der Waals surface area contributed by atoms with Gasteiger partial charge in [-0.1, -0.05) is 18.2 Å². The molecule has 0 bridgehead atoms. The molecular weight excluding hydrogens is 336 g/mol. The molecule has 0 aliphatic rings. The number of nitrogens with one attached hydrogen (secondary N) is 2. The maximum absolute atomic E-state index is 5.19. The molecule has 0 atom stereocenters. The Morgan fingerprint density at radius 1 is 0.889 bits per heavy atom. The predicted molar refractivity (Wildman–Crippen MR) is 111 cm³/mol. The summed E-state index contributed by atoms with van der Waals surface area (Å²) in [7, 11) is 1.68. The second-order valence-electron chi connectivity index (χ2n) is 6.74. The van der Waals surface area contributed by atoms with Crippen LogP contribution in [0.3, 0.4) is 0 Å². The van der Waals surface area contributed by atoms with Gasteiger partial charge >= 0.3 is 0 Å². The molecule has 0 aliphatic heterocycles. The lowest BCUT2D eigenvalue weighted by atomic mass is 10.1. The average molecular weight is 362 g/mol. The maximum Gasteiger partial charge on any atom is 0.224 e. The van der Waals surface area contributed by atoms with Gasteiger partial charge in [-0.2, -0.15) is 4.98 Å². The highest BCUT2D eigenvalue weighted by molar-refractivity contribution is 5.59. The van der Waals surface area contributed by atoms with Gasteiger partial charge in [-0.05, 0) is 68.1 Å². The zero-order chi connectivity index (χ0) is 19.2. The van der Waals surface area contributed by atoms with Crippen LogP contribution >= 0.6 is 0 Å². The minimum Gasteiger partial charge on any atom is -0.497 e. The van der Waals surface area contributed by atoms with E-state index in [1.54, 1.807) is 7.11 Å². The Hall–Kier alpha value is -3.08. The van der Waals surface area contributed by atoms with Gasteiger partial charge in [0.1, 0.15) is 11.6 Å². The number of methoxy groups -OCH3 is 1. The van der Waals surface area contributed by atoms with E-state index in [0.29, 0.717) is 5.95 Å². The number of hydrogen-bond acceptors (Lipinski definition) is 5. The highest BCUT2D eigenvalue weighted by atomic mass is 16.5. The fourth-order valence-electron chi connectivity index (χ4n) is 3.02. The third-order valence-corrected chi connectivity index (χ3v) is 4.20. The molecule has 2 aromatic carbocycles. The molecule has 0 saturated heterocycles. The van der Waals surface area contributed by atoms with Gasteiger partial charge in [-0.3, -0.25) is 0 Å². The molecule has 1 heterocycles. The average Bonchev–Trinajstić information content (AvgIpc) is 2.61. The molecule has 27 heavy (non-hydrogen) atoms. The van der Waals surface area contributed by atoms with E-state index in [2.05, 4.69) is 64.8 Å². The molecule has 0 saturated carbocycles. The Morgan fingerprint density at radius 3 is 2.26 bits per heavy atom. The number of nitrogens with zero attached hydrogens (tertiary/aromatic N) is 2. The summed E-state index contributed by atoms with van der Waals surface area (Å²) in [5.74, 6) is 2.30. The second kappa shape index (κ2) is 8.54. The van der Waals surface area contributed by atoms with E-state index in [9.17, 15) is 0 Å². The first-order valence-electron chi connectivity index (χ1n) is 9.09. The highest BCUT2D eigenvalue weighted by Crippen LogP contribution is 2.20.